The first kappa shape index (κ1) is 15.3. The van der Waals surface area contributed by atoms with Gasteiger partial charge in [-0.1, -0.05) is 38.1 Å². The molecule has 0 saturated heterocycles. The number of Topliss-reactive ketones (excluding diaryl/α,β-unsaturated/α-hetero) is 1. The summed E-state index contributed by atoms with van der Waals surface area (Å²) in [5.41, 5.74) is 1.99. The van der Waals surface area contributed by atoms with Crippen LogP contribution in [0.4, 0.5) is 0 Å². The molecule has 1 N–H and O–H groups in total. The molecule has 0 aliphatic rings. The molecule has 0 amide bonds. The van der Waals surface area contributed by atoms with Gasteiger partial charge in [0.05, 0.1) is 11.4 Å². The summed E-state index contributed by atoms with van der Waals surface area (Å²) in [6.07, 6.45) is 0.588. The first-order valence-corrected chi connectivity index (χ1v) is 7.36. The molecular formula is C15H22O2S. The maximum absolute atomic E-state index is 12.2. The summed E-state index contributed by atoms with van der Waals surface area (Å²) in [4.78, 5) is 12.2. The average Bonchev–Trinajstić information content (AvgIpc) is 2.37. The maximum atomic E-state index is 12.2. The van der Waals surface area contributed by atoms with Crippen molar-refractivity contribution in [2.24, 2.45) is 0 Å². The van der Waals surface area contributed by atoms with Gasteiger partial charge in [0, 0.05) is 10.8 Å². The van der Waals surface area contributed by atoms with Gasteiger partial charge in [-0.2, -0.15) is 0 Å². The molecule has 3 heteroatoms. The third kappa shape index (κ3) is 4.14. The summed E-state index contributed by atoms with van der Waals surface area (Å²) >= 11 is 1.52. The van der Waals surface area contributed by atoms with Gasteiger partial charge in [0.25, 0.3) is 0 Å². The van der Waals surface area contributed by atoms with Crippen LogP contribution in [0, 0.1) is 0 Å². The van der Waals surface area contributed by atoms with E-state index in [1.807, 2.05) is 38.1 Å². The predicted octanol–water partition coefficient (Wildman–Crippen LogP) is 3.32. The van der Waals surface area contributed by atoms with Crippen LogP contribution in [-0.4, -0.2) is 27.5 Å². The van der Waals surface area contributed by atoms with E-state index < -0.39 is 6.10 Å². The topological polar surface area (TPSA) is 37.3 Å². The fraction of sp³-hybridized carbons (Fsp3) is 0.533. The van der Waals surface area contributed by atoms with Crippen molar-refractivity contribution in [1.29, 1.82) is 0 Å². The molecule has 1 aromatic carbocycles. The van der Waals surface area contributed by atoms with E-state index in [4.69, 9.17) is 0 Å². The molecule has 0 spiro atoms. The molecule has 3 atom stereocenters. The van der Waals surface area contributed by atoms with Gasteiger partial charge in [0.2, 0.25) is 0 Å². The average molecular weight is 266 g/mol. The third-order valence-corrected chi connectivity index (χ3v) is 4.56. The molecule has 0 radical (unpaired) electrons. The Morgan fingerprint density at radius 3 is 2.22 bits per heavy atom. The quantitative estimate of drug-likeness (QED) is 0.803. The standard InChI is InChI=1S/C15H22O2S/c1-5-13-6-8-14(9-7-13)15(17)12(4)18-11(3)10(2)16/h6-12,16H,5H2,1-4H3. The summed E-state index contributed by atoms with van der Waals surface area (Å²) in [5.74, 6) is 0.134. The molecule has 0 aromatic heterocycles. The van der Waals surface area contributed by atoms with Crippen molar-refractivity contribution in [3.8, 4) is 0 Å². The van der Waals surface area contributed by atoms with E-state index in [-0.39, 0.29) is 16.3 Å². The Bertz CT molecular complexity index is 384. The number of aryl methyl sites for hydroxylation is 1. The number of hydrogen-bond acceptors (Lipinski definition) is 3. The number of rotatable bonds is 6. The van der Waals surface area contributed by atoms with Gasteiger partial charge in [-0.15, -0.1) is 11.8 Å². The van der Waals surface area contributed by atoms with Crippen LogP contribution in [0.1, 0.15) is 43.6 Å². The molecule has 0 aliphatic heterocycles. The first-order valence-electron chi connectivity index (χ1n) is 6.42. The molecule has 1 rings (SSSR count). The van der Waals surface area contributed by atoms with Crippen LogP contribution in [0.2, 0.25) is 0 Å². The highest BCUT2D eigenvalue weighted by Gasteiger charge is 2.20. The SMILES string of the molecule is CCc1ccc(C(=O)C(C)SC(C)C(C)O)cc1. The summed E-state index contributed by atoms with van der Waals surface area (Å²) in [6.45, 7) is 7.70. The molecule has 0 aliphatic carbocycles. The van der Waals surface area contributed by atoms with Gasteiger partial charge in [0.15, 0.2) is 5.78 Å². The Morgan fingerprint density at radius 1 is 1.22 bits per heavy atom. The lowest BCUT2D eigenvalue weighted by molar-refractivity contribution is 0.0993. The number of carbonyl (C=O) groups excluding carboxylic acids is 1. The van der Waals surface area contributed by atoms with Gasteiger partial charge in [-0.05, 0) is 25.8 Å². The van der Waals surface area contributed by atoms with Gasteiger partial charge in [0.1, 0.15) is 0 Å². The lowest BCUT2D eigenvalue weighted by Gasteiger charge is -2.18. The van der Waals surface area contributed by atoms with Gasteiger partial charge < -0.3 is 5.11 Å². The van der Waals surface area contributed by atoms with E-state index in [0.29, 0.717) is 0 Å². The fourth-order valence-corrected chi connectivity index (χ4v) is 2.77. The van der Waals surface area contributed by atoms with Crippen LogP contribution in [0.15, 0.2) is 24.3 Å². The minimum atomic E-state index is -0.396. The van der Waals surface area contributed by atoms with Crippen LogP contribution in [-0.2, 0) is 6.42 Å². The minimum absolute atomic E-state index is 0.0684. The lowest BCUT2D eigenvalue weighted by Crippen LogP contribution is -2.22. The van der Waals surface area contributed by atoms with E-state index in [0.717, 1.165) is 12.0 Å². The van der Waals surface area contributed by atoms with Crippen LogP contribution in [0.5, 0.6) is 0 Å². The third-order valence-electron chi connectivity index (χ3n) is 3.11. The normalized spacial score (nSPS) is 16.1. The molecule has 0 bridgehead atoms. The summed E-state index contributed by atoms with van der Waals surface area (Å²) in [5, 5.41) is 9.40. The van der Waals surface area contributed by atoms with Gasteiger partial charge in [-0.3, -0.25) is 4.79 Å². The number of ketones is 1. The highest BCUT2D eigenvalue weighted by atomic mass is 32.2. The monoisotopic (exact) mass is 266 g/mol. The number of carbonyl (C=O) groups is 1. The lowest BCUT2D eigenvalue weighted by atomic mass is 10.1. The summed E-state index contributed by atoms with van der Waals surface area (Å²) in [6, 6.07) is 7.79. The molecule has 0 heterocycles. The first-order chi connectivity index (χ1) is 8.45. The second-order valence-corrected chi connectivity index (χ2v) is 6.36. The van der Waals surface area contributed by atoms with Crippen molar-refractivity contribution >= 4 is 17.5 Å². The maximum Gasteiger partial charge on any atom is 0.175 e. The Labute approximate surface area is 114 Å². The van der Waals surface area contributed by atoms with Gasteiger partial charge >= 0.3 is 0 Å². The van der Waals surface area contributed by atoms with E-state index in [1.165, 1.54) is 17.3 Å². The Hall–Kier alpha value is -0.800. The van der Waals surface area contributed by atoms with Crippen LogP contribution in [0.3, 0.4) is 0 Å². The van der Waals surface area contributed by atoms with E-state index in [9.17, 15) is 9.90 Å². The van der Waals surface area contributed by atoms with E-state index in [1.54, 1.807) is 6.92 Å². The molecule has 18 heavy (non-hydrogen) atoms. The van der Waals surface area contributed by atoms with Crippen molar-refractivity contribution in [2.75, 3.05) is 0 Å². The molecule has 3 unspecified atom stereocenters. The molecule has 0 saturated carbocycles. The van der Waals surface area contributed by atoms with E-state index >= 15 is 0 Å². The minimum Gasteiger partial charge on any atom is -0.392 e. The van der Waals surface area contributed by atoms with Crippen LogP contribution in [0.25, 0.3) is 0 Å². The largest absolute Gasteiger partial charge is 0.392 e. The van der Waals surface area contributed by atoms with Crippen LogP contribution >= 0.6 is 11.8 Å². The van der Waals surface area contributed by atoms with Gasteiger partial charge in [-0.25, -0.2) is 0 Å². The zero-order chi connectivity index (χ0) is 13.7. The Kier molecular flexibility index (Phi) is 5.89. The number of thioether (sulfide) groups is 1. The molecule has 100 valence electrons. The van der Waals surface area contributed by atoms with Crippen molar-refractivity contribution in [2.45, 2.75) is 50.7 Å². The van der Waals surface area contributed by atoms with E-state index in [2.05, 4.69) is 6.92 Å². The number of aliphatic hydroxyl groups is 1. The second kappa shape index (κ2) is 6.95. The Morgan fingerprint density at radius 2 is 1.78 bits per heavy atom. The summed E-state index contributed by atoms with van der Waals surface area (Å²) < 4.78 is 0. The molecule has 1 aromatic rings. The van der Waals surface area contributed by atoms with Crippen molar-refractivity contribution in [3.63, 3.8) is 0 Å². The molecular weight excluding hydrogens is 244 g/mol. The number of benzene rings is 1. The Balaban J connectivity index is 2.67. The molecule has 0 fully saturated rings. The highest BCUT2D eigenvalue weighted by Crippen LogP contribution is 2.23. The fourth-order valence-electron chi connectivity index (χ4n) is 1.64. The number of hydrogen-bond donors (Lipinski definition) is 1. The van der Waals surface area contributed by atoms with Crippen molar-refractivity contribution in [1.82, 2.24) is 0 Å². The smallest absolute Gasteiger partial charge is 0.175 e. The predicted molar refractivity (Wildman–Crippen MR) is 78.3 cm³/mol. The van der Waals surface area contributed by atoms with Crippen molar-refractivity contribution < 1.29 is 9.90 Å². The zero-order valence-electron chi connectivity index (χ0n) is 11.5. The number of aliphatic hydroxyl groups excluding tert-OH is 1. The zero-order valence-corrected chi connectivity index (χ0v) is 12.3. The second-order valence-electron chi connectivity index (χ2n) is 4.64. The van der Waals surface area contributed by atoms with Crippen LogP contribution < -0.4 is 0 Å². The molecule has 2 nitrogen and oxygen atoms in total. The van der Waals surface area contributed by atoms with Crippen molar-refractivity contribution in [3.05, 3.63) is 35.4 Å². The summed E-state index contributed by atoms with van der Waals surface area (Å²) in [7, 11) is 0. The highest BCUT2D eigenvalue weighted by molar-refractivity contribution is 8.01.